The van der Waals surface area contributed by atoms with Crippen LogP contribution < -0.4 is 5.32 Å². The molecule has 1 heterocycles. The molecular weight excluding hydrogens is 326 g/mol. The van der Waals surface area contributed by atoms with Gasteiger partial charge in [0.25, 0.3) is 5.91 Å². The maximum atomic E-state index is 12.7. The number of nitrogens with zero attached hydrogens (tertiary/aromatic N) is 2. The van der Waals surface area contributed by atoms with Gasteiger partial charge in [-0.15, -0.1) is 0 Å². The minimum Gasteiger partial charge on any atom is -0.374 e. The molecule has 0 aliphatic heterocycles. The Labute approximate surface area is 153 Å². The van der Waals surface area contributed by atoms with Crippen LogP contribution in [0.5, 0.6) is 0 Å². The van der Waals surface area contributed by atoms with Crippen molar-refractivity contribution in [2.75, 3.05) is 6.61 Å². The number of rotatable bonds is 7. The molecule has 0 bridgehead atoms. The van der Waals surface area contributed by atoms with Crippen LogP contribution in [0.2, 0.25) is 0 Å². The smallest absolute Gasteiger partial charge is 0.255 e. The molecule has 0 aliphatic carbocycles. The van der Waals surface area contributed by atoms with E-state index in [0.29, 0.717) is 18.8 Å². The van der Waals surface area contributed by atoms with Gasteiger partial charge in [-0.3, -0.25) is 9.48 Å². The fraction of sp³-hybridized carbons (Fsp3) is 0.238. The van der Waals surface area contributed by atoms with E-state index in [4.69, 9.17) is 4.74 Å². The Morgan fingerprint density at radius 2 is 1.77 bits per heavy atom. The third-order valence-corrected chi connectivity index (χ3v) is 4.38. The Morgan fingerprint density at radius 1 is 1.12 bits per heavy atom. The molecule has 0 saturated carbocycles. The van der Waals surface area contributed by atoms with Crippen LogP contribution in [0.25, 0.3) is 0 Å². The number of ether oxygens (including phenoxy) is 1. The first kappa shape index (κ1) is 17.9. The van der Waals surface area contributed by atoms with Gasteiger partial charge in [0.2, 0.25) is 0 Å². The molecule has 0 saturated heterocycles. The van der Waals surface area contributed by atoms with Gasteiger partial charge in [-0.2, -0.15) is 5.10 Å². The minimum atomic E-state index is -0.230. The number of carbonyl (C=O) groups is 1. The average molecular weight is 349 g/mol. The molecule has 1 amide bonds. The molecule has 1 aromatic heterocycles. The Kier molecular flexibility index (Phi) is 5.81. The van der Waals surface area contributed by atoms with Crippen molar-refractivity contribution in [2.24, 2.45) is 7.05 Å². The van der Waals surface area contributed by atoms with Crippen molar-refractivity contribution in [1.82, 2.24) is 15.1 Å². The zero-order valence-corrected chi connectivity index (χ0v) is 15.1. The van der Waals surface area contributed by atoms with Gasteiger partial charge in [0.1, 0.15) is 0 Å². The van der Waals surface area contributed by atoms with Gasteiger partial charge in [-0.25, -0.2) is 0 Å². The van der Waals surface area contributed by atoms with Crippen molar-refractivity contribution in [3.63, 3.8) is 0 Å². The van der Waals surface area contributed by atoms with E-state index in [9.17, 15) is 4.79 Å². The molecule has 5 nitrogen and oxygen atoms in total. The van der Waals surface area contributed by atoms with Gasteiger partial charge < -0.3 is 10.1 Å². The lowest BCUT2D eigenvalue weighted by molar-refractivity contribution is 0.0796. The molecule has 3 aromatic rings. The van der Waals surface area contributed by atoms with E-state index in [1.807, 2.05) is 74.6 Å². The molecule has 3 rings (SSSR count). The summed E-state index contributed by atoms with van der Waals surface area (Å²) in [4.78, 5) is 12.7. The Hall–Kier alpha value is -2.92. The van der Waals surface area contributed by atoms with E-state index in [-0.39, 0.29) is 11.9 Å². The molecule has 1 atom stereocenters. The van der Waals surface area contributed by atoms with E-state index in [2.05, 4.69) is 10.4 Å². The predicted molar refractivity (Wildman–Crippen MR) is 101 cm³/mol. The first-order valence-corrected chi connectivity index (χ1v) is 8.61. The van der Waals surface area contributed by atoms with Gasteiger partial charge in [-0.05, 0) is 18.1 Å². The number of hydrogen-bond acceptors (Lipinski definition) is 3. The van der Waals surface area contributed by atoms with Crippen molar-refractivity contribution in [3.8, 4) is 0 Å². The van der Waals surface area contributed by atoms with Gasteiger partial charge in [-0.1, -0.05) is 60.7 Å². The molecule has 1 unspecified atom stereocenters. The third-order valence-electron chi connectivity index (χ3n) is 4.38. The molecule has 26 heavy (non-hydrogen) atoms. The molecule has 0 fully saturated rings. The van der Waals surface area contributed by atoms with Crippen LogP contribution in [-0.4, -0.2) is 22.3 Å². The zero-order valence-electron chi connectivity index (χ0n) is 15.1. The van der Waals surface area contributed by atoms with Crippen molar-refractivity contribution in [3.05, 3.63) is 89.2 Å². The summed E-state index contributed by atoms with van der Waals surface area (Å²) in [6.45, 7) is 2.78. The third kappa shape index (κ3) is 4.37. The van der Waals surface area contributed by atoms with Gasteiger partial charge >= 0.3 is 0 Å². The lowest BCUT2D eigenvalue weighted by Gasteiger charge is -2.19. The number of amides is 1. The SMILES string of the molecule is Cc1c(C(=O)NC(COCc2ccccc2)c2ccccc2)cnn1C. The molecule has 2 aromatic carbocycles. The molecule has 134 valence electrons. The summed E-state index contributed by atoms with van der Waals surface area (Å²) in [6.07, 6.45) is 1.59. The summed E-state index contributed by atoms with van der Waals surface area (Å²) in [5.74, 6) is -0.146. The number of carbonyl (C=O) groups excluding carboxylic acids is 1. The van der Waals surface area contributed by atoms with Gasteiger partial charge in [0, 0.05) is 12.7 Å². The molecule has 0 spiro atoms. The maximum Gasteiger partial charge on any atom is 0.255 e. The minimum absolute atomic E-state index is 0.146. The fourth-order valence-corrected chi connectivity index (χ4v) is 2.73. The Morgan fingerprint density at radius 3 is 2.38 bits per heavy atom. The highest BCUT2D eigenvalue weighted by Crippen LogP contribution is 2.16. The van der Waals surface area contributed by atoms with Gasteiger partial charge in [0.05, 0.1) is 31.0 Å². The highest BCUT2D eigenvalue weighted by molar-refractivity contribution is 5.95. The normalized spacial score (nSPS) is 11.9. The molecule has 1 N–H and O–H groups in total. The van der Waals surface area contributed by atoms with E-state index in [1.165, 1.54) is 0 Å². The summed E-state index contributed by atoms with van der Waals surface area (Å²) in [5.41, 5.74) is 3.53. The number of aromatic nitrogens is 2. The number of nitrogens with one attached hydrogen (secondary N) is 1. The molecule has 5 heteroatoms. The van der Waals surface area contributed by atoms with Crippen LogP contribution in [0.4, 0.5) is 0 Å². The van der Waals surface area contributed by atoms with Crippen LogP contribution in [0.3, 0.4) is 0 Å². The van der Waals surface area contributed by atoms with E-state index in [0.717, 1.165) is 16.8 Å². The van der Waals surface area contributed by atoms with E-state index in [1.54, 1.807) is 10.9 Å². The summed E-state index contributed by atoms with van der Waals surface area (Å²) in [5, 5.41) is 7.22. The van der Waals surface area contributed by atoms with Crippen molar-refractivity contribution >= 4 is 5.91 Å². The van der Waals surface area contributed by atoms with E-state index >= 15 is 0 Å². The first-order chi connectivity index (χ1) is 12.6. The second kappa shape index (κ2) is 8.45. The highest BCUT2D eigenvalue weighted by Gasteiger charge is 2.19. The van der Waals surface area contributed by atoms with E-state index < -0.39 is 0 Å². The number of hydrogen-bond donors (Lipinski definition) is 1. The second-order valence-corrected chi connectivity index (χ2v) is 6.20. The maximum absolute atomic E-state index is 12.7. The monoisotopic (exact) mass is 349 g/mol. The second-order valence-electron chi connectivity index (χ2n) is 6.20. The Balaban J connectivity index is 1.69. The van der Waals surface area contributed by atoms with Crippen LogP contribution in [-0.2, 0) is 18.4 Å². The lowest BCUT2D eigenvalue weighted by atomic mass is 10.1. The van der Waals surface area contributed by atoms with Crippen LogP contribution in [0.1, 0.15) is 33.2 Å². The molecule has 0 radical (unpaired) electrons. The van der Waals surface area contributed by atoms with Crippen LogP contribution in [0, 0.1) is 6.92 Å². The standard InChI is InChI=1S/C21H23N3O2/c1-16-19(13-22-24(16)2)21(25)23-20(18-11-7-4-8-12-18)15-26-14-17-9-5-3-6-10-17/h3-13,20H,14-15H2,1-2H3,(H,23,25). The lowest BCUT2D eigenvalue weighted by Crippen LogP contribution is -2.31. The zero-order chi connectivity index (χ0) is 18.4. The number of aryl methyl sites for hydroxylation is 1. The van der Waals surface area contributed by atoms with Gasteiger partial charge in [0.15, 0.2) is 0 Å². The largest absolute Gasteiger partial charge is 0.374 e. The topological polar surface area (TPSA) is 56.1 Å². The van der Waals surface area contributed by atoms with Crippen LogP contribution >= 0.6 is 0 Å². The summed E-state index contributed by atoms with van der Waals surface area (Å²) in [6, 6.07) is 19.6. The fourth-order valence-electron chi connectivity index (χ4n) is 2.73. The predicted octanol–water partition coefficient (Wildman–Crippen LogP) is 3.42. The molecular formula is C21H23N3O2. The number of benzene rings is 2. The van der Waals surface area contributed by atoms with Crippen molar-refractivity contribution < 1.29 is 9.53 Å². The van der Waals surface area contributed by atoms with Crippen molar-refractivity contribution in [1.29, 1.82) is 0 Å². The summed E-state index contributed by atoms with van der Waals surface area (Å²) < 4.78 is 7.57. The summed E-state index contributed by atoms with van der Waals surface area (Å²) in [7, 11) is 1.82. The molecule has 0 aliphatic rings. The average Bonchev–Trinajstić information content (AvgIpc) is 3.01. The van der Waals surface area contributed by atoms with Crippen LogP contribution in [0.15, 0.2) is 66.9 Å². The first-order valence-electron chi connectivity index (χ1n) is 8.61. The highest BCUT2D eigenvalue weighted by atomic mass is 16.5. The van der Waals surface area contributed by atoms with Crippen molar-refractivity contribution in [2.45, 2.75) is 19.6 Å². The summed E-state index contributed by atoms with van der Waals surface area (Å²) >= 11 is 0. The quantitative estimate of drug-likeness (QED) is 0.711. The Bertz CT molecular complexity index is 844.